The number of thiophene rings is 1. The monoisotopic (exact) mass is 400 g/mol. The van der Waals surface area contributed by atoms with Crippen LogP contribution in [0.3, 0.4) is 0 Å². The van der Waals surface area contributed by atoms with Crippen molar-refractivity contribution in [3.05, 3.63) is 46.2 Å². The molecule has 27 heavy (non-hydrogen) atoms. The van der Waals surface area contributed by atoms with E-state index in [-0.39, 0.29) is 5.78 Å². The lowest BCUT2D eigenvalue weighted by Gasteiger charge is -2.21. The van der Waals surface area contributed by atoms with Gasteiger partial charge in [-0.25, -0.2) is 0 Å². The van der Waals surface area contributed by atoms with Gasteiger partial charge >= 0.3 is 0 Å². The molecule has 0 saturated carbocycles. The van der Waals surface area contributed by atoms with Crippen molar-refractivity contribution >= 4 is 34.6 Å². The molecule has 0 radical (unpaired) electrons. The molecule has 0 bridgehead atoms. The molecule has 1 aromatic carbocycles. The SMILES string of the molecule is CCN(CC)c1ccc(-c2nnc(SCC(=O)c3ccc(C)s3)n2C)cc1. The van der Waals surface area contributed by atoms with Gasteiger partial charge in [0, 0.05) is 36.3 Å². The first kappa shape index (κ1) is 19.6. The number of hydrogen-bond donors (Lipinski definition) is 0. The molecule has 0 aliphatic carbocycles. The molecule has 0 aliphatic rings. The third-order valence-electron chi connectivity index (χ3n) is 4.44. The number of rotatable bonds is 8. The second-order valence-electron chi connectivity index (χ2n) is 6.21. The molecule has 142 valence electrons. The summed E-state index contributed by atoms with van der Waals surface area (Å²) in [5.41, 5.74) is 2.23. The molecular weight excluding hydrogens is 376 g/mol. The van der Waals surface area contributed by atoms with Gasteiger partial charge in [-0.2, -0.15) is 0 Å². The van der Waals surface area contributed by atoms with E-state index in [1.807, 2.05) is 30.7 Å². The second-order valence-corrected chi connectivity index (χ2v) is 8.44. The minimum atomic E-state index is 0.131. The Hall–Kier alpha value is -2.12. The Labute approximate surface area is 168 Å². The Morgan fingerprint density at radius 3 is 2.41 bits per heavy atom. The van der Waals surface area contributed by atoms with E-state index in [9.17, 15) is 4.79 Å². The van der Waals surface area contributed by atoms with Crippen LogP contribution in [0.1, 0.15) is 28.4 Å². The van der Waals surface area contributed by atoms with E-state index in [0.717, 1.165) is 39.4 Å². The first-order valence-corrected chi connectivity index (χ1v) is 10.8. The van der Waals surface area contributed by atoms with Crippen molar-refractivity contribution in [1.82, 2.24) is 14.8 Å². The zero-order valence-electron chi connectivity index (χ0n) is 16.1. The quantitative estimate of drug-likeness (QED) is 0.406. The summed E-state index contributed by atoms with van der Waals surface area (Å²) in [6.45, 7) is 8.29. The van der Waals surface area contributed by atoms with Crippen molar-refractivity contribution in [1.29, 1.82) is 0 Å². The molecule has 0 N–H and O–H groups in total. The van der Waals surface area contributed by atoms with E-state index < -0.39 is 0 Å². The maximum atomic E-state index is 12.3. The highest BCUT2D eigenvalue weighted by Gasteiger charge is 2.15. The highest BCUT2D eigenvalue weighted by molar-refractivity contribution is 7.99. The van der Waals surface area contributed by atoms with Crippen LogP contribution in [0.5, 0.6) is 0 Å². The van der Waals surface area contributed by atoms with Crippen molar-refractivity contribution in [3.8, 4) is 11.4 Å². The number of Topliss-reactive ketones (excluding diaryl/α,β-unsaturated/α-hetero) is 1. The van der Waals surface area contributed by atoms with E-state index >= 15 is 0 Å². The van der Waals surface area contributed by atoms with Crippen molar-refractivity contribution in [3.63, 3.8) is 0 Å². The molecule has 2 heterocycles. The van der Waals surface area contributed by atoms with Gasteiger partial charge in [0.2, 0.25) is 0 Å². The number of carbonyl (C=O) groups is 1. The number of aromatic nitrogens is 3. The molecule has 0 unspecified atom stereocenters. The van der Waals surface area contributed by atoms with Gasteiger partial charge in [-0.1, -0.05) is 11.8 Å². The summed E-state index contributed by atoms with van der Waals surface area (Å²) < 4.78 is 1.95. The third-order valence-corrected chi connectivity index (χ3v) is 6.50. The number of aryl methyl sites for hydroxylation is 1. The van der Waals surface area contributed by atoms with Crippen LogP contribution in [0.15, 0.2) is 41.6 Å². The van der Waals surface area contributed by atoms with Gasteiger partial charge in [-0.05, 0) is 57.2 Å². The van der Waals surface area contributed by atoms with Gasteiger partial charge in [-0.15, -0.1) is 21.5 Å². The van der Waals surface area contributed by atoms with Crippen LogP contribution in [-0.4, -0.2) is 39.4 Å². The summed E-state index contributed by atoms with van der Waals surface area (Å²) >= 11 is 2.96. The first-order chi connectivity index (χ1) is 13.0. The van der Waals surface area contributed by atoms with Gasteiger partial charge in [0.05, 0.1) is 10.6 Å². The fourth-order valence-electron chi connectivity index (χ4n) is 2.89. The van der Waals surface area contributed by atoms with Gasteiger partial charge in [0.1, 0.15) is 0 Å². The van der Waals surface area contributed by atoms with Crippen LogP contribution in [0.4, 0.5) is 5.69 Å². The summed E-state index contributed by atoms with van der Waals surface area (Å²) in [5.74, 6) is 1.31. The minimum Gasteiger partial charge on any atom is -0.372 e. The number of ketones is 1. The number of anilines is 1. The fraction of sp³-hybridized carbons (Fsp3) is 0.350. The topological polar surface area (TPSA) is 51.0 Å². The van der Waals surface area contributed by atoms with Crippen molar-refractivity contribution in [2.75, 3.05) is 23.7 Å². The Morgan fingerprint density at radius 1 is 1.11 bits per heavy atom. The molecule has 0 saturated heterocycles. The molecule has 5 nitrogen and oxygen atoms in total. The number of hydrogen-bond acceptors (Lipinski definition) is 6. The number of thioether (sulfide) groups is 1. The van der Waals surface area contributed by atoms with Crippen LogP contribution >= 0.6 is 23.1 Å². The van der Waals surface area contributed by atoms with E-state index in [1.165, 1.54) is 28.8 Å². The van der Waals surface area contributed by atoms with Crippen LogP contribution < -0.4 is 4.90 Å². The van der Waals surface area contributed by atoms with E-state index in [2.05, 4.69) is 53.2 Å². The minimum absolute atomic E-state index is 0.131. The van der Waals surface area contributed by atoms with E-state index in [4.69, 9.17) is 0 Å². The Kier molecular flexibility index (Phi) is 6.34. The van der Waals surface area contributed by atoms with Crippen molar-refractivity contribution < 1.29 is 4.79 Å². The average molecular weight is 401 g/mol. The number of nitrogens with zero attached hydrogens (tertiary/aromatic N) is 4. The van der Waals surface area contributed by atoms with Gasteiger partial charge in [0.15, 0.2) is 16.8 Å². The Balaban J connectivity index is 1.70. The molecule has 0 aliphatic heterocycles. The molecule has 0 atom stereocenters. The molecule has 0 amide bonds. The second kappa shape index (κ2) is 8.71. The van der Waals surface area contributed by atoms with E-state index in [1.54, 1.807) is 0 Å². The summed E-state index contributed by atoms with van der Waals surface area (Å²) in [6.07, 6.45) is 0. The molecule has 2 aromatic heterocycles. The summed E-state index contributed by atoms with van der Waals surface area (Å²) in [5, 5.41) is 9.34. The predicted molar refractivity (Wildman–Crippen MR) is 114 cm³/mol. The first-order valence-electron chi connectivity index (χ1n) is 9.00. The lowest BCUT2D eigenvalue weighted by atomic mass is 10.2. The number of carbonyl (C=O) groups excluding carboxylic acids is 1. The van der Waals surface area contributed by atoms with Crippen molar-refractivity contribution in [2.24, 2.45) is 7.05 Å². The number of benzene rings is 1. The summed E-state index contributed by atoms with van der Waals surface area (Å²) in [7, 11) is 1.94. The Bertz CT molecular complexity index is 910. The smallest absolute Gasteiger partial charge is 0.191 e. The standard InChI is InChI=1S/C20H24N4OS2/c1-5-24(6-2)16-10-8-15(9-11-16)19-21-22-20(23(19)4)26-13-17(25)18-12-7-14(3)27-18/h7-12H,5-6,13H2,1-4H3. The molecule has 3 rings (SSSR count). The van der Waals surface area contributed by atoms with Gasteiger partial charge in [0.25, 0.3) is 0 Å². The lowest BCUT2D eigenvalue weighted by Crippen LogP contribution is -2.21. The lowest BCUT2D eigenvalue weighted by molar-refractivity contribution is 0.102. The summed E-state index contributed by atoms with van der Waals surface area (Å²) in [4.78, 5) is 16.6. The molecule has 7 heteroatoms. The van der Waals surface area contributed by atoms with Gasteiger partial charge in [-0.3, -0.25) is 4.79 Å². The zero-order valence-corrected chi connectivity index (χ0v) is 17.7. The zero-order chi connectivity index (χ0) is 19.4. The fourth-order valence-corrected chi connectivity index (χ4v) is 4.58. The predicted octanol–water partition coefficient (Wildman–Crippen LogP) is 4.67. The molecular formula is C20H24N4OS2. The van der Waals surface area contributed by atoms with Crippen LogP contribution in [0.2, 0.25) is 0 Å². The summed E-state index contributed by atoms with van der Waals surface area (Å²) in [6, 6.07) is 12.3. The largest absolute Gasteiger partial charge is 0.372 e. The van der Waals surface area contributed by atoms with Crippen LogP contribution in [-0.2, 0) is 7.05 Å². The maximum absolute atomic E-state index is 12.3. The normalized spacial score (nSPS) is 11.0. The maximum Gasteiger partial charge on any atom is 0.191 e. The van der Waals surface area contributed by atoms with Gasteiger partial charge < -0.3 is 9.47 Å². The van der Waals surface area contributed by atoms with Crippen LogP contribution in [0, 0.1) is 6.92 Å². The third kappa shape index (κ3) is 4.42. The van der Waals surface area contributed by atoms with Crippen molar-refractivity contribution in [2.45, 2.75) is 25.9 Å². The molecule has 3 aromatic rings. The van der Waals surface area contributed by atoms with E-state index in [0.29, 0.717) is 5.75 Å². The average Bonchev–Trinajstić information content (AvgIpc) is 3.27. The highest BCUT2D eigenvalue weighted by atomic mass is 32.2. The highest BCUT2D eigenvalue weighted by Crippen LogP contribution is 2.26. The molecule has 0 spiro atoms. The van der Waals surface area contributed by atoms with Crippen LogP contribution in [0.25, 0.3) is 11.4 Å². The molecule has 0 fully saturated rings. The Morgan fingerprint density at radius 2 is 1.81 bits per heavy atom.